The van der Waals surface area contributed by atoms with Crippen molar-refractivity contribution in [3.63, 3.8) is 0 Å². The van der Waals surface area contributed by atoms with Crippen LogP contribution in [0.4, 0.5) is 11.4 Å². The van der Waals surface area contributed by atoms with E-state index in [9.17, 15) is 10.1 Å². The van der Waals surface area contributed by atoms with Gasteiger partial charge in [-0.15, -0.1) is 0 Å². The van der Waals surface area contributed by atoms with E-state index < -0.39 is 4.92 Å². The monoisotopic (exact) mass is 287 g/mol. The molecular weight excluding hydrogens is 270 g/mol. The van der Waals surface area contributed by atoms with Crippen LogP contribution >= 0.6 is 0 Å². The molecule has 2 heterocycles. The molecule has 6 nitrogen and oxygen atoms in total. The Hall–Kier alpha value is -2.21. The predicted octanol–water partition coefficient (Wildman–Crippen LogP) is 3.12. The zero-order chi connectivity index (χ0) is 14.8. The molecule has 1 aromatic heterocycles. The molecule has 6 heteroatoms. The number of hydrogen-bond acceptors (Lipinski definition) is 5. The zero-order valence-corrected chi connectivity index (χ0v) is 11.8. The molecule has 0 aliphatic carbocycles. The largest absolute Gasteiger partial charge is 0.379 e. The predicted molar refractivity (Wildman–Crippen MR) is 80.5 cm³/mol. The summed E-state index contributed by atoms with van der Waals surface area (Å²) in [7, 11) is 0. The third-order valence-corrected chi connectivity index (χ3v) is 3.85. The highest BCUT2D eigenvalue weighted by atomic mass is 16.6. The lowest BCUT2D eigenvalue weighted by atomic mass is 10.1. The van der Waals surface area contributed by atoms with Crippen LogP contribution in [0.5, 0.6) is 0 Å². The van der Waals surface area contributed by atoms with E-state index in [1.807, 2.05) is 12.1 Å². The topological polar surface area (TPSA) is 77.3 Å². The number of pyridine rings is 1. The summed E-state index contributed by atoms with van der Waals surface area (Å²) in [4.78, 5) is 14.8. The molecule has 110 valence electrons. The Morgan fingerprint density at radius 1 is 1.48 bits per heavy atom. The highest BCUT2D eigenvalue weighted by Crippen LogP contribution is 2.29. The Kier molecular flexibility index (Phi) is 3.70. The first-order chi connectivity index (χ1) is 10.2. The lowest BCUT2D eigenvalue weighted by Gasteiger charge is -2.21. The molecule has 2 unspecified atom stereocenters. The van der Waals surface area contributed by atoms with Gasteiger partial charge in [-0.2, -0.15) is 0 Å². The van der Waals surface area contributed by atoms with Gasteiger partial charge in [0.05, 0.1) is 11.0 Å². The fraction of sp³-hybridized carbons (Fsp3) is 0.400. The van der Waals surface area contributed by atoms with Crippen LogP contribution in [0.25, 0.3) is 10.9 Å². The Bertz CT molecular complexity index is 668. The molecule has 0 spiro atoms. The molecule has 1 fully saturated rings. The van der Waals surface area contributed by atoms with E-state index >= 15 is 0 Å². The number of benzene rings is 1. The lowest BCUT2D eigenvalue weighted by molar-refractivity contribution is -0.383. The van der Waals surface area contributed by atoms with Crippen LogP contribution in [0.15, 0.2) is 30.5 Å². The standard InChI is InChI=1S/C15H17N3O3/c1-10(14-6-3-9-21-14)17-12-7-8-16-15-11(12)4-2-5-13(15)18(19)20/h2,4-5,7-8,10,14H,3,6,9H2,1H3,(H,16,17). The van der Waals surface area contributed by atoms with Crippen molar-refractivity contribution in [3.8, 4) is 0 Å². The molecule has 1 saturated heterocycles. The highest BCUT2D eigenvalue weighted by Gasteiger charge is 2.23. The van der Waals surface area contributed by atoms with E-state index in [-0.39, 0.29) is 17.8 Å². The zero-order valence-electron chi connectivity index (χ0n) is 11.8. The van der Waals surface area contributed by atoms with Gasteiger partial charge in [0.2, 0.25) is 0 Å². The first kappa shape index (κ1) is 13.8. The van der Waals surface area contributed by atoms with Crippen molar-refractivity contribution < 1.29 is 9.66 Å². The SMILES string of the molecule is CC(Nc1ccnc2c([N+](=O)[O-])cccc12)C1CCCO1. The number of nitrogens with one attached hydrogen (secondary N) is 1. The maximum atomic E-state index is 11.1. The van der Waals surface area contributed by atoms with Crippen LogP contribution in [0.1, 0.15) is 19.8 Å². The summed E-state index contributed by atoms with van der Waals surface area (Å²) in [5, 5.41) is 15.2. The molecule has 2 aromatic rings. The van der Waals surface area contributed by atoms with Crippen LogP contribution in [0.3, 0.4) is 0 Å². The number of non-ortho nitro benzene ring substituents is 1. The fourth-order valence-electron chi connectivity index (χ4n) is 2.77. The first-order valence-corrected chi connectivity index (χ1v) is 7.07. The van der Waals surface area contributed by atoms with Crippen molar-refractivity contribution in [2.24, 2.45) is 0 Å². The van der Waals surface area contributed by atoms with Crippen LogP contribution < -0.4 is 5.32 Å². The molecule has 1 N–H and O–H groups in total. The maximum Gasteiger partial charge on any atom is 0.295 e. The summed E-state index contributed by atoms with van der Waals surface area (Å²) in [6, 6.07) is 7.00. The second-order valence-corrected chi connectivity index (χ2v) is 5.27. The van der Waals surface area contributed by atoms with E-state index in [1.54, 1.807) is 12.3 Å². The van der Waals surface area contributed by atoms with Crippen molar-refractivity contribution in [3.05, 3.63) is 40.6 Å². The lowest BCUT2D eigenvalue weighted by Crippen LogP contribution is -2.30. The molecule has 1 aliphatic heterocycles. The summed E-state index contributed by atoms with van der Waals surface area (Å²) < 4.78 is 5.67. The summed E-state index contributed by atoms with van der Waals surface area (Å²) in [5.41, 5.74) is 1.29. The number of para-hydroxylation sites is 1. The molecule has 0 amide bonds. The van der Waals surface area contributed by atoms with Gasteiger partial charge in [-0.1, -0.05) is 12.1 Å². The quantitative estimate of drug-likeness (QED) is 0.690. The number of aromatic nitrogens is 1. The average molecular weight is 287 g/mol. The van der Waals surface area contributed by atoms with Gasteiger partial charge in [0.25, 0.3) is 5.69 Å². The molecule has 0 saturated carbocycles. The van der Waals surface area contributed by atoms with Crippen LogP contribution in [0, 0.1) is 10.1 Å². The summed E-state index contributed by atoms with van der Waals surface area (Å²) in [5.74, 6) is 0. The number of rotatable bonds is 4. The Labute approximate surface area is 122 Å². The molecule has 0 bridgehead atoms. The second kappa shape index (κ2) is 5.65. The number of anilines is 1. The summed E-state index contributed by atoms with van der Waals surface area (Å²) in [6.07, 6.45) is 3.91. The van der Waals surface area contributed by atoms with E-state index in [0.29, 0.717) is 5.52 Å². The molecular formula is C15H17N3O3. The van der Waals surface area contributed by atoms with E-state index in [2.05, 4.69) is 17.2 Å². The Balaban J connectivity index is 1.95. The summed E-state index contributed by atoms with van der Waals surface area (Å²) >= 11 is 0. The third-order valence-electron chi connectivity index (χ3n) is 3.85. The average Bonchev–Trinajstić information content (AvgIpc) is 3.01. The van der Waals surface area contributed by atoms with Crippen molar-refractivity contribution >= 4 is 22.3 Å². The van der Waals surface area contributed by atoms with Crippen molar-refractivity contribution in [1.29, 1.82) is 0 Å². The smallest absolute Gasteiger partial charge is 0.295 e. The number of nitrogens with zero attached hydrogens (tertiary/aromatic N) is 2. The van der Waals surface area contributed by atoms with Crippen LogP contribution in [0.2, 0.25) is 0 Å². The number of fused-ring (bicyclic) bond motifs is 1. The molecule has 3 rings (SSSR count). The Morgan fingerprint density at radius 3 is 3.05 bits per heavy atom. The normalized spacial score (nSPS) is 19.6. The van der Waals surface area contributed by atoms with Crippen molar-refractivity contribution in [1.82, 2.24) is 4.98 Å². The van der Waals surface area contributed by atoms with Crippen LogP contribution in [-0.4, -0.2) is 28.7 Å². The first-order valence-electron chi connectivity index (χ1n) is 7.07. The minimum atomic E-state index is -0.400. The van der Waals surface area contributed by atoms with Gasteiger partial charge < -0.3 is 10.1 Å². The van der Waals surface area contributed by atoms with E-state index in [0.717, 1.165) is 30.5 Å². The van der Waals surface area contributed by atoms with Gasteiger partial charge in [0.1, 0.15) is 5.52 Å². The number of hydrogen-bond donors (Lipinski definition) is 1. The van der Waals surface area contributed by atoms with Gasteiger partial charge in [-0.3, -0.25) is 10.1 Å². The molecule has 1 aliphatic rings. The van der Waals surface area contributed by atoms with E-state index in [1.165, 1.54) is 6.07 Å². The van der Waals surface area contributed by atoms with Gasteiger partial charge in [-0.25, -0.2) is 4.98 Å². The van der Waals surface area contributed by atoms with Crippen molar-refractivity contribution in [2.75, 3.05) is 11.9 Å². The second-order valence-electron chi connectivity index (χ2n) is 5.27. The highest BCUT2D eigenvalue weighted by molar-refractivity contribution is 5.96. The van der Waals surface area contributed by atoms with Crippen LogP contribution in [-0.2, 0) is 4.74 Å². The van der Waals surface area contributed by atoms with Gasteiger partial charge >= 0.3 is 0 Å². The summed E-state index contributed by atoms with van der Waals surface area (Å²) in [6.45, 7) is 2.87. The maximum absolute atomic E-state index is 11.1. The Morgan fingerprint density at radius 2 is 2.33 bits per heavy atom. The van der Waals surface area contributed by atoms with Gasteiger partial charge in [0.15, 0.2) is 0 Å². The molecule has 0 radical (unpaired) electrons. The molecule has 2 atom stereocenters. The molecule has 21 heavy (non-hydrogen) atoms. The number of ether oxygens (including phenoxy) is 1. The number of nitro groups is 1. The van der Waals surface area contributed by atoms with E-state index in [4.69, 9.17) is 4.74 Å². The minimum absolute atomic E-state index is 0.0286. The minimum Gasteiger partial charge on any atom is -0.379 e. The van der Waals surface area contributed by atoms with Gasteiger partial charge in [0, 0.05) is 36.0 Å². The fourth-order valence-corrected chi connectivity index (χ4v) is 2.77. The van der Waals surface area contributed by atoms with Gasteiger partial charge in [-0.05, 0) is 25.8 Å². The number of nitro benzene ring substituents is 1. The molecule has 1 aromatic carbocycles. The third kappa shape index (κ3) is 2.67. The van der Waals surface area contributed by atoms with Crippen molar-refractivity contribution in [2.45, 2.75) is 31.9 Å².